The predicted molar refractivity (Wildman–Crippen MR) is 144 cm³/mol. The third kappa shape index (κ3) is 13.4. The van der Waals surface area contributed by atoms with Crippen molar-refractivity contribution in [3.05, 3.63) is 35.9 Å². The van der Waals surface area contributed by atoms with Crippen LogP contribution < -0.4 is 10.6 Å². The molecule has 0 aliphatic carbocycles. The molecule has 8 heteroatoms. The van der Waals surface area contributed by atoms with Crippen LogP contribution in [0.3, 0.4) is 0 Å². The number of methoxy groups -OCH3 is 1. The largest absolute Gasteiger partial charge is 0.469 e. The number of amides is 2. The molecule has 8 nitrogen and oxygen atoms in total. The summed E-state index contributed by atoms with van der Waals surface area (Å²) in [6, 6.07) is 8.61. The lowest BCUT2D eigenvalue weighted by Gasteiger charge is -2.30. The van der Waals surface area contributed by atoms with Crippen molar-refractivity contribution in [1.82, 2.24) is 10.6 Å². The molecule has 0 radical (unpaired) electrons. The highest BCUT2D eigenvalue weighted by Gasteiger charge is 2.29. The molecular weight excluding hydrogens is 472 g/mol. The van der Waals surface area contributed by atoms with Gasteiger partial charge in [-0.25, -0.2) is 0 Å². The highest BCUT2D eigenvalue weighted by molar-refractivity contribution is 5.86. The minimum absolute atomic E-state index is 0.000463. The van der Waals surface area contributed by atoms with Gasteiger partial charge in [0.25, 0.3) is 0 Å². The summed E-state index contributed by atoms with van der Waals surface area (Å²) in [7, 11) is 1.27. The Balaban J connectivity index is 3.04. The molecule has 0 heterocycles. The number of ether oxygens (including phenoxy) is 1. The number of esters is 1. The smallest absolute Gasteiger partial charge is 0.306 e. The lowest BCUT2D eigenvalue weighted by Crippen LogP contribution is -2.49. The van der Waals surface area contributed by atoms with E-state index in [0.29, 0.717) is 18.8 Å². The van der Waals surface area contributed by atoms with E-state index in [1.54, 1.807) is 0 Å². The summed E-state index contributed by atoms with van der Waals surface area (Å²) in [6.45, 7) is 9.53. The highest BCUT2D eigenvalue weighted by Crippen LogP contribution is 2.20. The Morgan fingerprint density at radius 3 is 2.14 bits per heavy atom. The monoisotopic (exact) mass is 518 g/mol. The summed E-state index contributed by atoms with van der Waals surface area (Å²) in [5, 5.41) is 17.2. The molecule has 0 saturated carbocycles. The van der Waals surface area contributed by atoms with Crippen molar-refractivity contribution >= 4 is 23.6 Å². The second kappa shape index (κ2) is 16.9. The van der Waals surface area contributed by atoms with Crippen molar-refractivity contribution in [1.29, 1.82) is 0 Å². The molecule has 0 fully saturated rings. The van der Waals surface area contributed by atoms with Crippen LogP contribution in [0.1, 0.15) is 78.7 Å². The molecular formula is C29H46N2O6. The van der Waals surface area contributed by atoms with E-state index in [1.807, 2.05) is 44.2 Å². The summed E-state index contributed by atoms with van der Waals surface area (Å²) in [4.78, 5) is 48.9. The third-order valence-corrected chi connectivity index (χ3v) is 6.51. The molecule has 1 aromatic rings. The van der Waals surface area contributed by atoms with Crippen molar-refractivity contribution in [3.8, 4) is 0 Å². The standard InChI is InChI=1S/C29H46N2O6/c1-19(2)12-13-23(30-29(36)24(20(3)4)16-21(5)32)18-26(33)25(17-22-10-8-7-9-11-22)31-27(34)14-15-28(35)37-6/h7-11,19-20,23-26,33H,12-18H2,1-6H3,(H,30,36)(H,31,34). The second-order valence-corrected chi connectivity index (χ2v) is 10.7. The summed E-state index contributed by atoms with van der Waals surface area (Å²) in [6.07, 6.45) is 1.31. The van der Waals surface area contributed by atoms with Gasteiger partial charge in [-0.15, -0.1) is 0 Å². The minimum Gasteiger partial charge on any atom is -0.469 e. The fourth-order valence-electron chi connectivity index (χ4n) is 4.24. The molecule has 3 N–H and O–H groups in total. The molecule has 4 atom stereocenters. The van der Waals surface area contributed by atoms with E-state index in [-0.39, 0.29) is 55.2 Å². The Morgan fingerprint density at radius 1 is 0.946 bits per heavy atom. The summed E-state index contributed by atoms with van der Waals surface area (Å²) >= 11 is 0. The predicted octanol–water partition coefficient (Wildman–Crippen LogP) is 3.59. The molecule has 2 amide bonds. The van der Waals surface area contributed by atoms with Crippen molar-refractivity contribution in [2.24, 2.45) is 17.8 Å². The Labute approximate surface area is 221 Å². The van der Waals surface area contributed by atoms with Gasteiger partial charge in [0.05, 0.1) is 25.7 Å². The zero-order valence-corrected chi connectivity index (χ0v) is 23.3. The number of benzene rings is 1. The van der Waals surface area contributed by atoms with Crippen LogP contribution in [0.4, 0.5) is 0 Å². The average molecular weight is 519 g/mol. The van der Waals surface area contributed by atoms with Crippen LogP contribution >= 0.6 is 0 Å². The van der Waals surface area contributed by atoms with E-state index < -0.39 is 24.0 Å². The number of hydrogen-bond donors (Lipinski definition) is 3. The fourth-order valence-corrected chi connectivity index (χ4v) is 4.24. The van der Waals surface area contributed by atoms with Gasteiger partial charge < -0.3 is 25.3 Å². The summed E-state index contributed by atoms with van der Waals surface area (Å²) < 4.78 is 4.61. The summed E-state index contributed by atoms with van der Waals surface area (Å²) in [5.74, 6) is -1.08. The Bertz CT molecular complexity index is 855. The first-order chi connectivity index (χ1) is 17.4. The van der Waals surface area contributed by atoms with E-state index in [0.717, 1.165) is 12.0 Å². The van der Waals surface area contributed by atoms with Crippen LogP contribution in [-0.2, 0) is 30.3 Å². The van der Waals surface area contributed by atoms with Gasteiger partial charge in [-0.3, -0.25) is 14.4 Å². The quantitative estimate of drug-likeness (QED) is 0.271. The number of aliphatic hydroxyl groups is 1. The van der Waals surface area contributed by atoms with Crippen LogP contribution in [0.2, 0.25) is 0 Å². The Hall–Kier alpha value is -2.74. The van der Waals surface area contributed by atoms with Crippen LogP contribution in [0.25, 0.3) is 0 Å². The molecule has 1 rings (SSSR count). The van der Waals surface area contributed by atoms with Gasteiger partial charge in [0.15, 0.2) is 0 Å². The molecule has 0 aliphatic rings. The third-order valence-electron chi connectivity index (χ3n) is 6.51. The number of nitrogens with one attached hydrogen (secondary N) is 2. The molecule has 37 heavy (non-hydrogen) atoms. The van der Waals surface area contributed by atoms with E-state index in [9.17, 15) is 24.3 Å². The maximum absolute atomic E-state index is 13.1. The fraction of sp³-hybridized carbons (Fsp3) is 0.655. The number of hydrogen-bond acceptors (Lipinski definition) is 6. The number of carbonyl (C=O) groups excluding carboxylic acids is 4. The van der Waals surface area contributed by atoms with Gasteiger partial charge in [-0.05, 0) is 50.0 Å². The van der Waals surface area contributed by atoms with Crippen molar-refractivity contribution in [2.75, 3.05) is 7.11 Å². The van der Waals surface area contributed by atoms with Gasteiger partial charge >= 0.3 is 5.97 Å². The van der Waals surface area contributed by atoms with E-state index >= 15 is 0 Å². The molecule has 1 aromatic carbocycles. The van der Waals surface area contributed by atoms with Gasteiger partial charge in [-0.1, -0.05) is 58.0 Å². The first kappa shape index (κ1) is 32.3. The van der Waals surface area contributed by atoms with Crippen molar-refractivity contribution in [3.63, 3.8) is 0 Å². The van der Waals surface area contributed by atoms with Gasteiger partial charge in [0.1, 0.15) is 5.78 Å². The normalized spacial score (nSPS) is 14.5. The molecule has 0 aromatic heterocycles. The molecule has 0 spiro atoms. The van der Waals surface area contributed by atoms with Crippen LogP contribution in [0, 0.1) is 17.8 Å². The average Bonchev–Trinajstić information content (AvgIpc) is 2.84. The van der Waals surface area contributed by atoms with Crippen molar-refractivity contribution < 1.29 is 29.0 Å². The first-order valence-corrected chi connectivity index (χ1v) is 13.3. The molecule has 0 saturated heterocycles. The zero-order valence-electron chi connectivity index (χ0n) is 23.3. The number of carbonyl (C=O) groups is 4. The van der Waals surface area contributed by atoms with Crippen molar-refractivity contribution in [2.45, 2.75) is 97.8 Å². The first-order valence-electron chi connectivity index (χ1n) is 13.3. The topological polar surface area (TPSA) is 122 Å². The molecule has 208 valence electrons. The van der Waals surface area contributed by atoms with E-state index in [2.05, 4.69) is 29.2 Å². The van der Waals surface area contributed by atoms with Gasteiger partial charge in [0, 0.05) is 24.8 Å². The number of aliphatic hydroxyl groups excluding tert-OH is 1. The minimum atomic E-state index is -0.940. The summed E-state index contributed by atoms with van der Waals surface area (Å²) in [5.41, 5.74) is 0.948. The number of ketones is 1. The van der Waals surface area contributed by atoms with Gasteiger partial charge in [0.2, 0.25) is 11.8 Å². The van der Waals surface area contributed by atoms with Crippen LogP contribution in [0.15, 0.2) is 30.3 Å². The maximum Gasteiger partial charge on any atom is 0.306 e. The van der Waals surface area contributed by atoms with E-state index in [4.69, 9.17) is 0 Å². The Morgan fingerprint density at radius 2 is 1.59 bits per heavy atom. The van der Waals surface area contributed by atoms with Crippen LogP contribution in [-0.4, -0.2) is 54.0 Å². The molecule has 0 aliphatic heterocycles. The second-order valence-electron chi connectivity index (χ2n) is 10.7. The highest BCUT2D eigenvalue weighted by atomic mass is 16.5. The molecule has 4 unspecified atom stereocenters. The maximum atomic E-state index is 13.1. The van der Waals surface area contributed by atoms with Gasteiger partial charge in [-0.2, -0.15) is 0 Å². The SMILES string of the molecule is COC(=O)CCC(=O)NC(Cc1ccccc1)C(O)CC(CCC(C)C)NC(=O)C(CC(C)=O)C(C)C. The lowest BCUT2D eigenvalue weighted by atomic mass is 9.88. The molecule has 0 bridgehead atoms. The number of rotatable bonds is 17. The van der Waals surface area contributed by atoms with E-state index in [1.165, 1.54) is 14.0 Å². The zero-order chi connectivity index (χ0) is 28.0. The Kier molecular flexibility index (Phi) is 14.7. The van der Waals surface area contributed by atoms with Crippen LogP contribution in [0.5, 0.6) is 0 Å². The number of Topliss-reactive ketones (excluding diaryl/α,β-unsaturated/α-hetero) is 1. The lowest BCUT2D eigenvalue weighted by molar-refractivity contribution is -0.142.